The Bertz CT molecular complexity index is 953. The van der Waals surface area contributed by atoms with Gasteiger partial charge in [-0.15, -0.1) is 0 Å². The molecule has 1 fully saturated rings. The highest BCUT2D eigenvalue weighted by molar-refractivity contribution is 5.95. The lowest BCUT2D eigenvalue weighted by molar-refractivity contribution is 0.0642. The number of hydrogen-bond donors (Lipinski definition) is 1. The average Bonchev–Trinajstić information content (AvgIpc) is 3.35. The van der Waals surface area contributed by atoms with Crippen molar-refractivity contribution in [1.29, 1.82) is 0 Å². The zero-order valence-corrected chi connectivity index (χ0v) is 15.4. The number of benzene rings is 1. The minimum absolute atomic E-state index is 0.122. The second-order valence-electron chi connectivity index (χ2n) is 6.63. The van der Waals surface area contributed by atoms with Crippen molar-refractivity contribution in [3.05, 3.63) is 65.6 Å². The van der Waals surface area contributed by atoms with Crippen molar-refractivity contribution in [2.75, 3.05) is 19.6 Å². The fourth-order valence-electron chi connectivity index (χ4n) is 3.38. The van der Waals surface area contributed by atoms with Gasteiger partial charge in [-0.05, 0) is 25.5 Å². The van der Waals surface area contributed by atoms with Gasteiger partial charge in [0.2, 0.25) is 5.89 Å². The number of aryl methyl sites for hydroxylation is 1. The van der Waals surface area contributed by atoms with Crippen LogP contribution in [0.4, 0.5) is 0 Å². The molecular formula is C19H20N6O3. The van der Waals surface area contributed by atoms with Gasteiger partial charge >= 0.3 is 0 Å². The second-order valence-corrected chi connectivity index (χ2v) is 6.63. The molecule has 1 N–H and O–H groups in total. The number of aromatic nitrogens is 4. The van der Waals surface area contributed by atoms with E-state index in [1.54, 1.807) is 35.1 Å². The van der Waals surface area contributed by atoms with Crippen LogP contribution < -0.4 is 0 Å². The largest absolute Gasteiger partial charge is 0.337 e. The molecule has 3 aromatic rings. The van der Waals surface area contributed by atoms with Crippen molar-refractivity contribution in [2.24, 2.45) is 0 Å². The number of H-pyrrole nitrogens is 1. The number of carbonyl (C=O) groups excluding carboxylic acids is 2. The predicted octanol–water partition coefficient (Wildman–Crippen LogP) is 1.83. The van der Waals surface area contributed by atoms with E-state index in [9.17, 15) is 9.59 Å². The number of rotatable bonds is 3. The fourth-order valence-corrected chi connectivity index (χ4v) is 3.38. The van der Waals surface area contributed by atoms with Gasteiger partial charge < -0.3 is 14.3 Å². The molecule has 0 bridgehead atoms. The summed E-state index contributed by atoms with van der Waals surface area (Å²) in [5.74, 6) is 0.652. The molecule has 0 saturated carbocycles. The van der Waals surface area contributed by atoms with Crippen LogP contribution in [0.15, 0.2) is 47.2 Å². The number of nitrogens with zero attached hydrogens (tertiary/aromatic N) is 5. The topological polar surface area (TPSA) is 108 Å². The van der Waals surface area contributed by atoms with Crippen LogP contribution in [0.1, 0.15) is 44.9 Å². The van der Waals surface area contributed by atoms with Crippen LogP contribution in [0.2, 0.25) is 0 Å². The minimum atomic E-state index is -0.393. The summed E-state index contributed by atoms with van der Waals surface area (Å²) in [4.78, 5) is 33.7. The molecule has 1 aliphatic rings. The van der Waals surface area contributed by atoms with E-state index in [2.05, 4.69) is 20.3 Å². The molecule has 0 aliphatic carbocycles. The summed E-state index contributed by atoms with van der Waals surface area (Å²) in [6, 6.07) is 8.67. The Morgan fingerprint density at radius 1 is 1.11 bits per heavy atom. The van der Waals surface area contributed by atoms with E-state index in [-0.39, 0.29) is 11.8 Å². The number of amides is 2. The van der Waals surface area contributed by atoms with Crippen LogP contribution in [0, 0.1) is 6.92 Å². The first-order valence-electron chi connectivity index (χ1n) is 9.08. The normalized spacial score (nSPS) is 17.4. The zero-order chi connectivity index (χ0) is 19.5. The van der Waals surface area contributed by atoms with E-state index in [4.69, 9.17) is 4.52 Å². The summed E-state index contributed by atoms with van der Waals surface area (Å²) in [6.45, 7) is 2.98. The van der Waals surface area contributed by atoms with E-state index >= 15 is 0 Å². The second kappa shape index (κ2) is 7.63. The molecule has 0 radical (unpaired) electrons. The van der Waals surface area contributed by atoms with Crippen LogP contribution in [0.25, 0.3) is 0 Å². The van der Waals surface area contributed by atoms with Gasteiger partial charge in [0.1, 0.15) is 6.04 Å². The Morgan fingerprint density at radius 2 is 1.93 bits per heavy atom. The Kier molecular flexibility index (Phi) is 4.88. The molecule has 3 heterocycles. The summed E-state index contributed by atoms with van der Waals surface area (Å²) < 4.78 is 5.37. The standard InChI is InChI=1S/C19H20N6O3/c1-13-22-17(28-23-13)16-7-8-24(18(26)15-11-20-21-12-15)9-10-25(16)19(27)14-5-3-2-4-6-14/h2-6,11-12,16H,7-10H2,1H3,(H,20,21). The number of carbonyl (C=O) groups is 2. The Balaban J connectivity index is 1.62. The SMILES string of the molecule is Cc1noc(C2CCN(C(=O)c3cn[nH]c3)CCN2C(=O)c2ccccc2)n1. The Hall–Kier alpha value is -3.49. The molecule has 1 aromatic carbocycles. The van der Waals surface area contributed by atoms with Crippen LogP contribution in [0.3, 0.4) is 0 Å². The molecule has 1 unspecified atom stereocenters. The maximum absolute atomic E-state index is 13.2. The summed E-state index contributed by atoms with van der Waals surface area (Å²) in [7, 11) is 0. The van der Waals surface area contributed by atoms with Gasteiger partial charge in [-0.1, -0.05) is 23.4 Å². The third-order valence-electron chi connectivity index (χ3n) is 4.80. The highest BCUT2D eigenvalue weighted by Gasteiger charge is 2.34. The molecule has 2 aromatic heterocycles. The van der Waals surface area contributed by atoms with Crippen molar-refractivity contribution >= 4 is 11.8 Å². The highest BCUT2D eigenvalue weighted by atomic mass is 16.5. The number of nitrogens with one attached hydrogen (secondary N) is 1. The molecule has 0 spiro atoms. The van der Waals surface area contributed by atoms with Crippen molar-refractivity contribution in [3.8, 4) is 0 Å². The van der Waals surface area contributed by atoms with Gasteiger partial charge in [-0.25, -0.2) is 0 Å². The number of hydrogen-bond acceptors (Lipinski definition) is 6. The van der Waals surface area contributed by atoms with Gasteiger partial charge in [0.15, 0.2) is 5.82 Å². The molecule has 1 atom stereocenters. The fraction of sp³-hybridized carbons (Fsp3) is 0.316. The maximum Gasteiger partial charge on any atom is 0.257 e. The molecule has 4 rings (SSSR count). The Morgan fingerprint density at radius 3 is 2.61 bits per heavy atom. The quantitative estimate of drug-likeness (QED) is 0.743. The summed E-state index contributed by atoms with van der Waals surface area (Å²) in [5.41, 5.74) is 1.08. The van der Waals surface area contributed by atoms with E-state index in [1.807, 2.05) is 18.2 Å². The molecule has 28 heavy (non-hydrogen) atoms. The minimum Gasteiger partial charge on any atom is -0.337 e. The van der Waals surface area contributed by atoms with Crippen LogP contribution in [-0.2, 0) is 0 Å². The van der Waals surface area contributed by atoms with Crippen molar-refractivity contribution in [3.63, 3.8) is 0 Å². The zero-order valence-electron chi connectivity index (χ0n) is 15.4. The lowest BCUT2D eigenvalue weighted by Crippen LogP contribution is -2.38. The summed E-state index contributed by atoms with van der Waals surface area (Å²) >= 11 is 0. The molecule has 144 valence electrons. The van der Waals surface area contributed by atoms with Crippen molar-refractivity contribution in [2.45, 2.75) is 19.4 Å². The summed E-state index contributed by atoms with van der Waals surface area (Å²) in [5, 5.41) is 10.4. The molecule has 9 heteroatoms. The van der Waals surface area contributed by atoms with Gasteiger partial charge in [0, 0.05) is 31.4 Å². The van der Waals surface area contributed by atoms with E-state index < -0.39 is 6.04 Å². The average molecular weight is 380 g/mol. The number of aromatic amines is 1. The van der Waals surface area contributed by atoms with E-state index in [1.165, 1.54) is 6.20 Å². The Labute approximate surface area is 161 Å². The van der Waals surface area contributed by atoms with Crippen molar-refractivity contribution in [1.82, 2.24) is 30.1 Å². The van der Waals surface area contributed by atoms with Crippen molar-refractivity contribution < 1.29 is 14.1 Å². The van der Waals surface area contributed by atoms with Gasteiger partial charge in [-0.2, -0.15) is 10.1 Å². The van der Waals surface area contributed by atoms with Gasteiger partial charge in [0.25, 0.3) is 11.8 Å². The monoisotopic (exact) mass is 380 g/mol. The first-order chi connectivity index (χ1) is 13.6. The third-order valence-corrected chi connectivity index (χ3v) is 4.80. The highest BCUT2D eigenvalue weighted by Crippen LogP contribution is 2.28. The van der Waals surface area contributed by atoms with Crippen LogP contribution in [0.5, 0.6) is 0 Å². The van der Waals surface area contributed by atoms with Gasteiger partial charge in [-0.3, -0.25) is 14.7 Å². The van der Waals surface area contributed by atoms with E-state index in [0.717, 1.165) is 0 Å². The predicted molar refractivity (Wildman–Crippen MR) is 98.4 cm³/mol. The smallest absolute Gasteiger partial charge is 0.257 e. The molecule has 2 amide bonds. The third kappa shape index (κ3) is 3.51. The van der Waals surface area contributed by atoms with Gasteiger partial charge in [0.05, 0.1) is 11.8 Å². The molecule has 1 aliphatic heterocycles. The van der Waals surface area contributed by atoms with Crippen LogP contribution >= 0.6 is 0 Å². The molecule has 1 saturated heterocycles. The van der Waals surface area contributed by atoms with Crippen LogP contribution in [-0.4, -0.2) is 61.6 Å². The maximum atomic E-state index is 13.2. The lowest BCUT2D eigenvalue weighted by Gasteiger charge is -2.27. The first-order valence-corrected chi connectivity index (χ1v) is 9.08. The van der Waals surface area contributed by atoms with E-state index in [0.29, 0.717) is 48.9 Å². The summed E-state index contributed by atoms with van der Waals surface area (Å²) in [6.07, 6.45) is 3.57. The molecular weight excluding hydrogens is 360 g/mol. The lowest BCUT2D eigenvalue weighted by atomic mass is 10.1. The molecule has 9 nitrogen and oxygen atoms in total. The first kappa shape index (κ1) is 17.9.